The summed E-state index contributed by atoms with van der Waals surface area (Å²) in [4.78, 5) is 11.7. The third kappa shape index (κ3) is 2.35. The zero-order valence-corrected chi connectivity index (χ0v) is 13.6. The van der Waals surface area contributed by atoms with E-state index in [4.69, 9.17) is 9.97 Å². The summed E-state index contributed by atoms with van der Waals surface area (Å²) in [5, 5.41) is 4.16. The lowest BCUT2D eigenvalue weighted by atomic mass is 10.1. The first-order valence-corrected chi connectivity index (χ1v) is 8.48. The summed E-state index contributed by atoms with van der Waals surface area (Å²) < 4.78 is 14.4. The van der Waals surface area contributed by atoms with Crippen molar-refractivity contribution in [3.63, 3.8) is 0 Å². The van der Waals surface area contributed by atoms with Crippen molar-refractivity contribution < 1.29 is 4.39 Å². The molecule has 0 amide bonds. The lowest BCUT2D eigenvalue weighted by Gasteiger charge is -2.18. The average Bonchev–Trinajstić information content (AvgIpc) is 3.23. The highest BCUT2D eigenvalue weighted by atomic mass is 19.1. The Labute approximate surface area is 145 Å². The van der Waals surface area contributed by atoms with E-state index in [1.165, 1.54) is 11.6 Å². The number of rotatable bonds is 2. The molecule has 1 N–H and O–H groups in total. The first-order valence-electron chi connectivity index (χ1n) is 8.48. The molecule has 1 fully saturated rings. The molecule has 0 spiro atoms. The maximum atomic E-state index is 14.4. The van der Waals surface area contributed by atoms with Gasteiger partial charge >= 0.3 is 0 Å². The Morgan fingerprint density at radius 3 is 2.76 bits per heavy atom. The number of anilines is 1. The van der Waals surface area contributed by atoms with Crippen LogP contribution >= 0.6 is 0 Å². The Balaban J connectivity index is 1.68. The first-order chi connectivity index (χ1) is 12.3. The Hall–Kier alpha value is -2.95. The van der Waals surface area contributed by atoms with Gasteiger partial charge in [0.1, 0.15) is 5.82 Å². The highest BCUT2D eigenvalue weighted by molar-refractivity contribution is 5.93. The number of nitrogens with one attached hydrogen (secondary N) is 1. The molecule has 5 rings (SSSR count). The van der Waals surface area contributed by atoms with Crippen LogP contribution in [-0.2, 0) is 0 Å². The maximum Gasteiger partial charge on any atom is 0.226 e. The summed E-state index contributed by atoms with van der Waals surface area (Å²) in [6.45, 7) is 2.69. The molecule has 2 aliphatic heterocycles. The molecule has 1 atom stereocenters. The zero-order chi connectivity index (χ0) is 16.8. The Kier molecular flexibility index (Phi) is 3.20. The van der Waals surface area contributed by atoms with Crippen LogP contribution < -0.4 is 10.2 Å². The number of aromatic nitrogens is 2. The van der Waals surface area contributed by atoms with Crippen LogP contribution in [0.1, 0.15) is 0 Å². The van der Waals surface area contributed by atoms with Crippen molar-refractivity contribution in [3.05, 3.63) is 66.1 Å². The summed E-state index contributed by atoms with van der Waals surface area (Å²) in [5.41, 5.74) is 3.41. The molecule has 2 aromatic carbocycles. The van der Waals surface area contributed by atoms with Crippen LogP contribution in [-0.4, -0.2) is 29.6 Å². The van der Waals surface area contributed by atoms with E-state index >= 15 is 0 Å². The number of benzene rings is 2. The predicted molar refractivity (Wildman–Crippen MR) is 96.7 cm³/mol. The summed E-state index contributed by atoms with van der Waals surface area (Å²) in [5.74, 6) is 0.932. The predicted octanol–water partition coefficient (Wildman–Crippen LogP) is 3.36. The average molecular weight is 332 g/mol. The SMILES string of the molecule is Fc1ccccc1-c1nc(N2CC3=CNCC3C2)nc2ccccc12. The number of hydrogen-bond acceptors (Lipinski definition) is 4. The largest absolute Gasteiger partial charge is 0.390 e. The van der Waals surface area contributed by atoms with Gasteiger partial charge in [-0.05, 0) is 30.0 Å². The summed E-state index contributed by atoms with van der Waals surface area (Å²) in [7, 11) is 0. The Morgan fingerprint density at radius 2 is 1.88 bits per heavy atom. The normalized spacial score (nSPS) is 19.0. The highest BCUT2D eigenvalue weighted by Gasteiger charge is 2.32. The van der Waals surface area contributed by atoms with Crippen LogP contribution in [0.4, 0.5) is 10.3 Å². The van der Waals surface area contributed by atoms with Gasteiger partial charge in [0.15, 0.2) is 0 Å². The van der Waals surface area contributed by atoms with Crippen molar-refractivity contribution in [3.8, 4) is 11.3 Å². The van der Waals surface area contributed by atoms with E-state index < -0.39 is 0 Å². The molecular formula is C20H17FN4. The van der Waals surface area contributed by atoms with E-state index in [2.05, 4.69) is 16.4 Å². The minimum absolute atomic E-state index is 0.262. The van der Waals surface area contributed by atoms with Gasteiger partial charge in [-0.25, -0.2) is 14.4 Å². The molecule has 0 bridgehead atoms. The second kappa shape index (κ2) is 5.55. The van der Waals surface area contributed by atoms with Gasteiger partial charge in [0.2, 0.25) is 5.95 Å². The van der Waals surface area contributed by atoms with E-state index in [1.54, 1.807) is 12.1 Å². The molecule has 3 heterocycles. The number of fused-ring (bicyclic) bond motifs is 2. The Morgan fingerprint density at radius 1 is 1.04 bits per heavy atom. The van der Waals surface area contributed by atoms with Crippen molar-refractivity contribution in [1.82, 2.24) is 15.3 Å². The number of halogens is 1. The second-order valence-electron chi connectivity index (χ2n) is 6.57. The lowest BCUT2D eigenvalue weighted by Crippen LogP contribution is -2.25. The van der Waals surface area contributed by atoms with Gasteiger partial charge in [-0.15, -0.1) is 0 Å². The fourth-order valence-electron chi connectivity index (χ4n) is 3.71. The van der Waals surface area contributed by atoms with Gasteiger partial charge in [0.05, 0.1) is 11.2 Å². The van der Waals surface area contributed by atoms with E-state index in [0.29, 0.717) is 23.1 Å². The van der Waals surface area contributed by atoms with Crippen molar-refractivity contribution >= 4 is 16.9 Å². The first kappa shape index (κ1) is 14.4. The standard InChI is InChI=1S/C20H17FN4/c21-17-7-3-1-5-15(17)19-16-6-2-4-8-18(16)23-20(24-19)25-11-13-9-22-10-14(13)12-25/h1-9,14,22H,10-12H2. The van der Waals surface area contributed by atoms with Gasteiger partial charge in [0.25, 0.3) is 0 Å². The molecule has 3 aromatic rings. The van der Waals surface area contributed by atoms with Gasteiger partial charge in [-0.2, -0.15) is 0 Å². The monoisotopic (exact) mass is 332 g/mol. The van der Waals surface area contributed by atoms with Gasteiger partial charge < -0.3 is 10.2 Å². The molecule has 1 unspecified atom stereocenters. The van der Waals surface area contributed by atoms with E-state index in [1.807, 2.05) is 30.3 Å². The molecule has 5 heteroatoms. The highest BCUT2D eigenvalue weighted by Crippen LogP contribution is 2.33. The summed E-state index contributed by atoms with van der Waals surface area (Å²) >= 11 is 0. The minimum atomic E-state index is -0.262. The molecule has 4 nitrogen and oxygen atoms in total. The van der Waals surface area contributed by atoms with Crippen LogP contribution in [0.5, 0.6) is 0 Å². The number of hydrogen-bond donors (Lipinski definition) is 1. The topological polar surface area (TPSA) is 41.1 Å². The Bertz CT molecular complexity index is 998. The molecule has 1 saturated heterocycles. The summed E-state index contributed by atoms with van der Waals surface area (Å²) in [6.07, 6.45) is 2.10. The van der Waals surface area contributed by atoms with E-state index in [0.717, 1.165) is 30.5 Å². The smallest absolute Gasteiger partial charge is 0.226 e. The quantitative estimate of drug-likeness (QED) is 0.781. The zero-order valence-electron chi connectivity index (χ0n) is 13.6. The molecule has 2 aliphatic rings. The molecule has 1 aromatic heterocycles. The molecule has 0 aliphatic carbocycles. The van der Waals surface area contributed by atoms with Crippen molar-refractivity contribution in [2.24, 2.45) is 5.92 Å². The fraction of sp³-hybridized carbons (Fsp3) is 0.200. The van der Waals surface area contributed by atoms with Gasteiger partial charge in [0, 0.05) is 36.5 Å². The van der Waals surface area contributed by atoms with Gasteiger partial charge in [-0.1, -0.05) is 30.3 Å². The number of nitrogens with zero attached hydrogens (tertiary/aromatic N) is 3. The van der Waals surface area contributed by atoms with Crippen LogP contribution in [0.15, 0.2) is 60.3 Å². The molecule has 124 valence electrons. The van der Waals surface area contributed by atoms with Crippen LogP contribution in [0, 0.1) is 11.7 Å². The molecule has 25 heavy (non-hydrogen) atoms. The molecule has 0 radical (unpaired) electrons. The fourth-order valence-corrected chi connectivity index (χ4v) is 3.71. The van der Waals surface area contributed by atoms with E-state index in [-0.39, 0.29) is 5.82 Å². The van der Waals surface area contributed by atoms with Crippen LogP contribution in [0.2, 0.25) is 0 Å². The lowest BCUT2D eigenvalue weighted by molar-refractivity contribution is 0.631. The van der Waals surface area contributed by atoms with Crippen molar-refractivity contribution in [1.29, 1.82) is 0 Å². The summed E-state index contributed by atoms with van der Waals surface area (Å²) in [6, 6.07) is 14.6. The van der Waals surface area contributed by atoms with Crippen molar-refractivity contribution in [2.45, 2.75) is 0 Å². The van der Waals surface area contributed by atoms with Crippen molar-refractivity contribution in [2.75, 3.05) is 24.5 Å². The second-order valence-corrected chi connectivity index (χ2v) is 6.57. The number of para-hydroxylation sites is 1. The molecular weight excluding hydrogens is 315 g/mol. The third-order valence-corrected chi connectivity index (χ3v) is 4.99. The van der Waals surface area contributed by atoms with Gasteiger partial charge in [-0.3, -0.25) is 0 Å². The third-order valence-electron chi connectivity index (χ3n) is 4.99. The van der Waals surface area contributed by atoms with Crippen LogP contribution in [0.25, 0.3) is 22.2 Å². The van der Waals surface area contributed by atoms with Crippen LogP contribution in [0.3, 0.4) is 0 Å². The maximum absolute atomic E-state index is 14.4. The molecule has 0 saturated carbocycles. The minimum Gasteiger partial charge on any atom is -0.390 e. The van der Waals surface area contributed by atoms with E-state index in [9.17, 15) is 4.39 Å².